The van der Waals surface area contributed by atoms with Crippen molar-refractivity contribution >= 4 is 23.5 Å². The Morgan fingerprint density at radius 3 is 2.66 bits per heavy atom. The third-order valence-electron chi connectivity index (χ3n) is 5.78. The van der Waals surface area contributed by atoms with Gasteiger partial charge in [-0.2, -0.15) is 0 Å². The highest BCUT2D eigenvalue weighted by atomic mass is 19.1. The van der Waals surface area contributed by atoms with E-state index in [0.717, 1.165) is 0 Å². The summed E-state index contributed by atoms with van der Waals surface area (Å²) in [6.45, 7) is 0.173. The maximum absolute atomic E-state index is 13.2. The number of aliphatic carboxylic acids is 1. The van der Waals surface area contributed by atoms with Crippen LogP contribution in [0.1, 0.15) is 40.0 Å². The minimum Gasteiger partial charge on any atom is -0.490 e. The molecule has 2 N–H and O–H groups in total. The van der Waals surface area contributed by atoms with Crippen LogP contribution in [0, 0.1) is 5.82 Å². The average Bonchev–Trinajstić information content (AvgIpc) is 2.76. The van der Waals surface area contributed by atoms with Crippen LogP contribution in [0.5, 0.6) is 5.75 Å². The number of fused-ring (bicyclic) bond motifs is 2. The van der Waals surface area contributed by atoms with Gasteiger partial charge >= 0.3 is 5.97 Å². The van der Waals surface area contributed by atoms with E-state index in [1.165, 1.54) is 24.3 Å². The van der Waals surface area contributed by atoms with E-state index >= 15 is 0 Å². The Morgan fingerprint density at radius 2 is 1.94 bits per heavy atom. The molecular formula is C23H23FN2O6. The predicted molar refractivity (Wildman–Crippen MR) is 112 cm³/mol. The molecule has 0 aliphatic carbocycles. The first-order valence-corrected chi connectivity index (χ1v) is 10.3. The molecule has 1 fully saturated rings. The number of hydrogen-bond acceptors (Lipinski definition) is 5. The van der Waals surface area contributed by atoms with Gasteiger partial charge in [0.2, 0.25) is 0 Å². The number of ether oxygens (including phenoxy) is 2. The molecule has 0 aromatic heterocycles. The van der Waals surface area contributed by atoms with Gasteiger partial charge in [-0.3, -0.25) is 14.4 Å². The summed E-state index contributed by atoms with van der Waals surface area (Å²) in [6, 6.07) is 9.66. The van der Waals surface area contributed by atoms with Crippen molar-refractivity contribution < 1.29 is 33.4 Å². The molecule has 32 heavy (non-hydrogen) atoms. The molecule has 2 aromatic carbocycles. The normalized spacial score (nSPS) is 22.6. The number of carboxylic acids is 1. The molecule has 9 heteroatoms. The van der Waals surface area contributed by atoms with Crippen LogP contribution in [0.15, 0.2) is 42.5 Å². The summed E-state index contributed by atoms with van der Waals surface area (Å²) in [5.41, 5.74) is 0.994. The van der Waals surface area contributed by atoms with Crippen molar-refractivity contribution in [2.75, 3.05) is 19.0 Å². The summed E-state index contributed by atoms with van der Waals surface area (Å²) < 4.78 is 24.9. The van der Waals surface area contributed by atoms with Gasteiger partial charge in [-0.15, -0.1) is 0 Å². The standard InChI is InChI=1S/C23H23FN2O6/c1-26-18-8-7-16(11-21(27)28)32-20(18)12-31-19-9-6-15(10-17(19)23(26)30)25-22(29)13-2-4-14(24)5-3-13/h2-6,9-10,16,18,20H,7-8,11-12H2,1H3,(H,25,29)(H,27,28)/t16-,18+,20-/m0/s1. The minimum absolute atomic E-state index is 0.0887. The molecule has 0 radical (unpaired) electrons. The van der Waals surface area contributed by atoms with E-state index in [1.807, 2.05) is 0 Å². The van der Waals surface area contributed by atoms with Crippen molar-refractivity contribution in [2.45, 2.75) is 37.5 Å². The number of carbonyl (C=O) groups is 3. The number of carboxylic acid groups (broad SMARTS) is 1. The highest BCUT2D eigenvalue weighted by molar-refractivity contribution is 6.05. The van der Waals surface area contributed by atoms with Crippen molar-refractivity contribution in [3.63, 3.8) is 0 Å². The van der Waals surface area contributed by atoms with Crippen LogP contribution >= 0.6 is 0 Å². The van der Waals surface area contributed by atoms with Crippen LogP contribution in [0.25, 0.3) is 0 Å². The number of likely N-dealkylation sites (N-methyl/N-ethyl adjacent to an activating group) is 1. The number of rotatable bonds is 4. The molecule has 2 amide bonds. The highest BCUT2D eigenvalue weighted by Crippen LogP contribution is 2.32. The molecule has 3 atom stereocenters. The first-order valence-electron chi connectivity index (χ1n) is 10.3. The smallest absolute Gasteiger partial charge is 0.305 e. The van der Waals surface area contributed by atoms with E-state index in [4.69, 9.17) is 14.6 Å². The third kappa shape index (κ3) is 4.57. The molecule has 2 aliphatic rings. The summed E-state index contributed by atoms with van der Waals surface area (Å²) in [5, 5.41) is 11.7. The van der Waals surface area contributed by atoms with Gasteiger partial charge in [0.25, 0.3) is 11.8 Å². The maximum atomic E-state index is 13.2. The lowest BCUT2D eigenvalue weighted by Gasteiger charge is -2.42. The molecule has 168 valence electrons. The lowest BCUT2D eigenvalue weighted by Crippen LogP contribution is -2.53. The monoisotopic (exact) mass is 442 g/mol. The molecule has 0 spiro atoms. The number of hydrogen-bond donors (Lipinski definition) is 2. The van der Waals surface area contributed by atoms with Gasteiger partial charge in [0.15, 0.2) is 0 Å². The predicted octanol–water partition coefficient (Wildman–Crippen LogP) is 2.93. The summed E-state index contributed by atoms with van der Waals surface area (Å²) in [6.07, 6.45) is 0.196. The molecule has 0 saturated carbocycles. The third-order valence-corrected chi connectivity index (χ3v) is 5.78. The van der Waals surface area contributed by atoms with Gasteiger partial charge in [-0.1, -0.05) is 0 Å². The average molecular weight is 442 g/mol. The fraction of sp³-hybridized carbons (Fsp3) is 0.348. The van der Waals surface area contributed by atoms with Crippen molar-refractivity contribution in [3.8, 4) is 5.75 Å². The number of amides is 2. The number of carbonyl (C=O) groups excluding carboxylic acids is 2. The maximum Gasteiger partial charge on any atom is 0.305 e. The Balaban J connectivity index is 1.53. The van der Waals surface area contributed by atoms with Crippen LogP contribution in [0.3, 0.4) is 0 Å². The number of anilines is 1. The number of halogens is 1. The topological polar surface area (TPSA) is 105 Å². The van der Waals surface area contributed by atoms with Crippen LogP contribution in [-0.4, -0.2) is 59.7 Å². The van der Waals surface area contributed by atoms with Crippen LogP contribution < -0.4 is 10.1 Å². The SMILES string of the molecule is CN1C(=O)c2cc(NC(=O)c3ccc(F)cc3)ccc2OC[C@@H]2O[C@H](CC(=O)O)CC[C@H]21. The fourth-order valence-corrected chi connectivity index (χ4v) is 4.10. The first kappa shape index (κ1) is 21.8. The Kier molecular flexibility index (Phi) is 6.09. The van der Waals surface area contributed by atoms with Crippen LogP contribution in [0.4, 0.5) is 10.1 Å². The van der Waals surface area contributed by atoms with Gasteiger partial charge < -0.3 is 24.8 Å². The summed E-state index contributed by atoms with van der Waals surface area (Å²) in [5.74, 6) is -1.72. The number of benzene rings is 2. The van der Waals surface area contributed by atoms with Crippen LogP contribution in [0.2, 0.25) is 0 Å². The molecule has 1 saturated heterocycles. The minimum atomic E-state index is -0.926. The van der Waals surface area contributed by atoms with Crippen molar-refractivity contribution in [1.82, 2.24) is 4.90 Å². The quantitative estimate of drug-likeness (QED) is 0.754. The lowest BCUT2D eigenvalue weighted by atomic mass is 9.94. The second kappa shape index (κ2) is 8.96. The van der Waals surface area contributed by atoms with Gasteiger partial charge in [-0.25, -0.2) is 4.39 Å². The Hall–Kier alpha value is -3.46. The van der Waals surface area contributed by atoms with E-state index in [1.54, 1.807) is 30.1 Å². The molecule has 2 aromatic rings. The zero-order valence-electron chi connectivity index (χ0n) is 17.4. The molecule has 2 heterocycles. The molecule has 4 rings (SSSR count). The van der Waals surface area contributed by atoms with Gasteiger partial charge in [-0.05, 0) is 55.3 Å². The van der Waals surface area contributed by atoms with E-state index < -0.39 is 29.9 Å². The van der Waals surface area contributed by atoms with Gasteiger partial charge in [0.1, 0.15) is 24.3 Å². The molecule has 8 nitrogen and oxygen atoms in total. The molecule has 0 bridgehead atoms. The number of nitrogens with one attached hydrogen (secondary N) is 1. The lowest BCUT2D eigenvalue weighted by molar-refractivity contribution is -0.148. The zero-order valence-corrected chi connectivity index (χ0v) is 17.4. The van der Waals surface area contributed by atoms with Gasteiger partial charge in [0.05, 0.1) is 24.1 Å². The summed E-state index contributed by atoms with van der Waals surface area (Å²) in [4.78, 5) is 38.2. The summed E-state index contributed by atoms with van der Waals surface area (Å²) >= 11 is 0. The van der Waals surface area contributed by atoms with Crippen molar-refractivity contribution in [2.24, 2.45) is 0 Å². The van der Waals surface area contributed by atoms with E-state index in [-0.39, 0.29) is 30.5 Å². The molecule has 0 unspecified atom stereocenters. The second-order valence-corrected chi connectivity index (χ2v) is 7.94. The highest BCUT2D eigenvalue weighted by Gasteiger charge is 2.39. The molecular weight excluding hydrogens is 419 g/mol. The fourth-order valence-electron chi connectivity index (χ4n) is 4.10. The van der Waals surface area contributed by atoms with Gasteiger partial charge in [0, 0.05) is 18.3 Å². The van der Waals surface area contributed by atoms with E-state index in [0.29, 0.717) is 29.8 Å². The Bertz CT molecular complexity index is 1040. The van der Waals surface area contributed by atoms with E-state index in [9.17, 15) is 18.8 Å². The largest absolute Gasteiger partial charge is 0.490 e. The van der Waals surface area contributed by atoms with Crippen molar-refractivity contribution in [1.29, 1.82) is 0 Å². The van der Waals surface area contributed by atoms with Crippen LogP contribution in [-0.2, 0) is 9.53 Å². The Labute approximate surface area is 183 Å². The Morgan fingerprint density at radius 1 is 1.19 bits per heavy atom. The molecule has 2 aliphatic heterocycles. The zero-order chi connectivity index (χ0) is 22.8. The first-order chi connectivity index (χ1) is 15.3. The van der Waals surface area contributed by atoms with E-state index in [2.05, 4.69) is 5.32 Å². The van der Waals surface area contributed by atoms with Crippen molar-refractivity contribution in [3.05, 3.63) is 59.4 Å². The second-order valence-electron chi connectivity index (χ2n) is 7.94. The number of nitrogens with zero attached hydrogens (tertiary/aromatic N) is 1. The summed E-state index contributed by atoms with van der Waals surface area (Å²) in [7, 11) is 1.68.